The second-order valence-electron chi connectivity index (χ2n) is 6.61. The lowest BCUT2D eigenvalue weighted by molar-refractivity contribution is -0.0559. The van der Waals surface area contributed by atoms with Gasteiger partial charge in [0.05, 0.1) is 19.8 Å². The Bertz CT molecular complexity index is 540. The van der Waals surface area contributed by atoms with Gasteiger partial charge in [0.25, 0.3) is 0 Å². The first-order valence-corrected chi connectivity index (χ1v) is 8.33. The minimum absolute atomic E-state index is 0.194. The van der Waals surface area contributed by atoms with Gasteiger partial charge >= 0.3 is 6.09 Å². The van der Waals surface area contributed by atoms with Gasteiger partial charge in [-0.1, -0.05) is 12.1 Å². The average Bonchev–Trinajstić information content (AvgIpc) is 2.53. The smallest absolute Gasteiger partial charge is 0.410 e. The standard InChI is InChI=1S/C18H27NO5/c1-5-21-15-8-6-7-9-16(15)23-13-14-12-19(10-11-22-14)17(20)24-18(2,3)4/h6-9,14H,5,10-13H2,1-4H3/t14-/m1/s1. The average molecular weight is 337 g/mol. The highest BCUT2D eigenvalue weighted by molar-refractivity contribution is 5.68. The van der Waals surface area contributed by atoms with E-state index in [1.54, 1.807) is 4.90 Å². The van der Waals surface area contributed by atoms with Crippen molar-refractivity contribution in [2.75, 3.05) is 32.9 Å². The van der Waals surface area contributed by atoms with E-state index in [9.17, 15) is 4.79 Å². The Morgan fingerprint density at radius 3 is 2.54 bits per heavy atom. The van der Waals surface area contributed by atoms with Gasteiger partial charge in [0, 0.05) is 6.54 Å². The van der Waals surface area contributed by atoms with Crippen molar-refractivity contribution in [3.8, 4) is 11.5 Å². The molecule has 0 aliphatic carbocycles. The Labute approximate surface area is 143 Å². The van der Waals surface area contributed by atoms with Crippen molar-refractivity contribution in [3.05, 3.63) is 24.3 Å². The summed E-state index contributed by atoms with van der Waals surface area (Å²) in [6.07, 6.45) is -0.508. The highest BCUT2D eigenvalue weighted by Gasteiger charge is 2.28. The minimum atomic E-state index is -0.502. The largest absolute Gasteiger partial charge is 0.490 e. The first-order chi connectivity index (χ1) is 11.4. The van der Waals surface area contributed by atoms with E-state index < -0.39 is 5.60 Å². The summed E-state index contributed by atoms with van der Waals surface area (Å²) >= 11 is 0. The van der Waals surface area contributed by atoms with Crippen molar-refractivity contribution >= 4 is 6.09 Å². The first-order valence-electron chi connectivity index (χ1n) is 8.33. The monoisotopic (exact) mass is 337 g/mol. The first kappa shape index (κ1) is 18.4. The molecule has 1 amide bonds. The fourth-order valence-electron chi connectivity index (χ4n) is 2.34. The van der Waals surface area contributed by atoms with E-state index in [0.717, 1.165) is 0 Å². The summed E-state index contributed by atoms with van der Waals surface area (Å²) in [5, 5.41) is 0. The number of hydrogen-bond donors (Lipinski definition) is 0. The van der Waals surface area contributed by atoms with Crippen LogP contribution < -0.4 is 9.47 Å². The van der Waals surface area contributed by atoms with Crippen LogP contribution in [0.3, 0.4) is 0 Å². The Morgan fingerprint density at radius 1 is 1.25 bits per heavy atom. The van der Waals surface area contributed by atoms with Crippen LogP contribution in [0.25, 0.3) is 0 Å². The predicted molar refractivity (Wildman–Crippen MR) is 90.7 cm³/mol. The van der Waals surface area contributed by atoms with Gasteiger partial charge in [0.1, 0.15) is 18.3 Å². The van der Waals surface area contributed by atoms with Gasteiger partial charge in [0.15, 0.2) is 11.5 Å². The molecule has 0 radical (unpaired) electrons. The van der Waals surface area contributed by atoms with Crippen LogP contribution in [0.5, 0.6) is 11.5 Å². The molecule has 1 aromatic rings. The number of amides is 1. The van der Waals surface area contributed by atoms with Crippen molar-refractivity contribution in [2.45, 2.75) is 39.4 Å². The number of carbonyl (C=O) groups excluding carboxylic acids is 1. The van der Waals surface area contributed by atoms with Crippen LogP contribution in [-0.4, -0.2) is 55.6 Å². The number of ether oxygens (including phenoxy) is 4. The molecule has 1 aliphatic heterocycles. The van der Waals surface area contributed by atoms with Crippen molar-refractivity contribution in [1.29, 1.82) is 0 Å². The number of hydrogen-bond acceptors (Lipinski definition) is 5. The van der Waals surface area contributed by atoms with Crippen molar-refractivity contribution < 1.29 is 23.7 Å². The van der Waals surface area contributed by atoms with Gasteiger partial charge in [-0.05, 0) is 39.8 Å². The topological polar surface area (TPSA) is 57.2 Å². The van der Waals surface area contributed by atoms with Crippen LogP contribution in [0.4, 0.5) is 4.79 Å². The summed E-state index contributed by atoms with van der Waals surface area (Å²) in [7, 11) is 0. The molecule has 1 aliphatic rings. The molecular formula is C18H27NO5. The van der Waals surface area contributed by atoms with E-state index in [0.29, 0.717) is 44.4 Å². The fraction of sp³-hybridized carbons (Fsp3) is 0.611. The second-order valence-corrected chi connectivity index (χ2v) is 6.61. The maximum Gasteiger partial charge on any atom is 0.410 e. The van der Waals surface area contributed by atoms with Gasteiger partial charge in [-0.3, -0.25) is 0 Å². The highest BCUT2D eigenvalue weighted by atomic mass is 16.6. The number of nitrogens with zero attached hydrogens (tertiary/aromatic N) is 1. The second kappa shape index (κ2) is 8.24. The lowest BCUT2D eigenvalue weighted by Gasteiger charge is -2.34. The maximum atomic E-state index is 12.2. The van der Waals surface area contributed by atoms with Gasteiger partial charge in [0.2, 0.25) is 0 Å². The zero-order valence-electron chi connectivity index (χ0n) is 14.9. The molecule has 1 fully saturated rings. The molecule has 0 unspecified atom stereocenters. The third-order valence-corrected chi connectivity index (χ3v) is 3.36. The van der Waals surface area contributed by atoms with Crippen molar-refractivity contribution in [1.82, 2.24) is 4.90 Å². The molecule has 6 nitrogen and oxygen atoms in total. The quantitative estimate of drug-likeness (QED) is 0.826. The number of carbonyl (C=O) groups is 1. The highest BCUT2D eigenvalue weighted by Crippen LogP contribution is 2.26. The molecule has 0 bridgehead atoms. The summed E-state index contributed by atoms with van der Waals surface area (Å²) in [5.41, 5.74) is -0.502. The lowest BCUT2D eigenvalue weighted by Crippen LogP contribution is -2.49. The molecule has 0 aromatic heterocycles. The number of rotatable bonds is 5. The van der Waals surface area contributed by atoms with Crippen LogP contribution in [0.1, 0.15) is 27.7 Å². The Balaban J connectivity index is 1.88. The molecule has 6 heteroatoms. The van der Waals surface area contributed by atoms with Crippen LogP contribution in [0.2, 0.25) is 0 Å². The van der Waals surface area contributed by atoms with E-state index in [4.69, 9.17) is 18.9 Å². The van der Waals surface area contributed by atoms with Crippen LogP contribution in [0, 0.1) is 0 Å². The molecule has 1 heterocycles. The Kier molecular flexibility index (Phi) is 6.31. The Hall–Kier alpha value is -1.95. The third kappa shape index (κ3) is 5.60. The minimum Gasteiger partial charge on any atom is -0.490 e. The summed E-state index contributed by atoms with van der Waals surface area (Å²) < 4.78 is 22.5. The molecule has 24 heavy (non-hydrogen) atoms. The summed E-state index contributed by atoms with van der Waals surface area (Å²) in [6.45, 7) is 9.88. The summed E-state index contributed by atoms with van der Waals surface area (Å²) in [4.78, 5) is 13.8. The normalized spacial score (nSPS) is 18.2. The van der Waals surface area contributed by atoms with Gasteiger partial charge in [-0.2, -0.15) is 0 Å². The Morgan fingerprint density at radius 2 is 1.92 bits per heavy atom. The van der Waals surface area contributed by atoms with Crippen LogP contribution in [-0.2, 0) is 9.47 Å². The predicted octanol–water partition coefficient (Wildman–Crippen LogP) is 3.10. The van der Waals surface area contributed by atoms with Crippen LogP contribution in [0.15, 0.2) is 24.3 Å². The molecule has 134 valence electrons. The van der Waals surface area contributed by atoms with Crippen molar-refractivity contribution in [2.24, 2.45) is 0 Å². The number of para-hydroxylation sites is 2. The SMILES string of the molecule is CCOc1ccccc1OC[C@H]1CN(C(=O)OC(C)(C)C)CCO1. The van der Waals surface area contributed by atoms with E-state index in [1.807, 2.05) is 52.0 Å². The van der Waals surface area contributed by atoms with Gasteiger partial charge < -0.3 is 23.8 Å². The number of morpholine rings is 1. The molecule has 0 saturated carbocycles. The van der Waals surface area contributed by atoms with E-state index in [1.165, 1.54) is 0 Å². The molecule has 0 spiro atoms. The molecule has 1 saturated heterocycles. The lowest BCUT2D eigenvalue weighted by atomic mass is 10.2. The molecule has 2 rings (SSSR count). The van der Waals surface area contributed by atoms with Gasteiger partial charge in [-0.25, -0.2) is 4.79 Å². The molecule has 0 N–H and O–H groups in total. The number of benzene rings is 1. The maximum absolute atomic E-state index is 12.2. The molecular weight excluding hydrogens is 310 g/mol. The van der Waals surface area contributed by atoms with Gasteiger partial charge in [-0.15, -0.1) is 0 Å². The van der Waals surface area contributed by atoms with Crippen molar-refractivity contribution in [3.63, 3.8) is 0 Å². The van der Waals surface area contributed by atoms with E-state index in [-0.39, 0.29) is 12.2 Å². The van der Waals surface area contributed by atoms with E-state index in [2.05, 4.69) is 0 Å². The molecule has 1 aromatic carbocycles. The third-order valence-electron chi connectivity index (χ3n) is 3.36. The fourth-order valence-corrected chi connectivity index (χ4v) is 2.34. The zero-order chi connectivity index (χ0) is 17.6. The summed E-state index contributed by atoms with van der Waals surface area (Å²) in [6, 6.07) is 7.53. The zero-order valence-corrected chi connectivity index (χ0v) is 14.9. The molecule has 1 atom stereocenters. The summed E-state index contributed by atoms with van der Waals surface area (Å²) in [5.74, 6) is 1.39. The van der Waals surface area contributed by atoms with Crippen LogP contribution >= 0.6 is 0 Å². The van der Waals surface area contributed by atoms with E-state index >= 15 is 0 Å².